The van der Waals surface area contributed by atoms with Gasteiger partial charge in [-0.15, -0.1) is 6.58 Å². The Labute approximate surface area is 89.3 Å². The van der Waals surface area contributed by atoms with Gasteiger partial charge in [-0.1, -0.05) is 25.1 Å². The van der Waals surface area contributed by atoms with Gasteiger partial charge in [0.15, 0.2) is 11.5 Å². The summed E-state index contributed by atoms with van der Waals surface area (Å²) in [6.45, 7) is 5.42. The topological polar surface area (TPSA) is 60.7 Å². The maximum absolute atomic E-state index is 9.68. The molecule has 3 nitrogen and oxygen atoms in total. The zero-order valence-corrected chi connectivity index (χ0v) is 8.72. The van der Waals surface area contributed by atoms with E-state index in [1.807, 2.05) is 6.92 Å². The number of phenols is 2. The average molecular weight is 208 g/mol. The highest BCUT2D eigenvalue weighted by atomic mass is 16.3. The summed E-state index contributed by atoms with van der Waals surface area (Å²) < 4.78 is 0. The van der Waals surface area contributed by atoms with Crippen LogP contribution in [0.15, 0.2) is 30.9 Å². The van der Waals surface area contributed by atoms with Gasteiger partial charge in [0.25, 0.3) is 0 Å². The van der Waals surface area contributed by atoms with Crippen molar-refractivity contribution in [2.24, 2.45) is 0 Å². The lowest BCUT2D eigenvalue weighted by molar-refractivity contribution is 0.185. The molecule has 0 amide bonds. The predicted molar refractivity (Wildman–Crippen MR) is 59.0 cm³/mol. The Hall–Kier alpha value is -1.48. The number of aliphatic hydroxyl groups excluding tert-OH is 1. The molecule has 0 aromatic heterocycles. The molecule has 3 N–H and O–H groups in total. The monoisotopic (exact) mass is 208 g/mol. The van der Waals surface area contributed by atoms with Crippen molar-refractivity contribution in [3.05, 3.63) is 36.4 Å². The van der Waals surface area contributed by atoms with Crippen LogP contribution in [-0.4, -0.2) is 21.4 Å². The van der Waals surface area contributed by atoms with E-state index >= 15 is 0 Å². The van der Waals surface area contributed by atoms with Crippen LogP contribution in [0.1, 0.15) is 24.8 Å². The fourth-order valence-electron chi connectivity index (χ4n) is 1.66. The molecule has 0 fully saturated rings. The van der Waals surface area contributed by atoms with Crippen LogP contribution in [-0.2, 0) is 0 Å². The van der Waals surface area contributed by atoms with Crippen molar-refractivity contribution in [2.75, 3.05) is 0 Å². The Balaban J connectivity index is 3.12. The first-order valence-electron chi connectivity index (χ1n) is 4.93. The fourth-order valence-corrected chi connectivity index (χ4v) is 1.66. The third-order valence-electron chi connectivity index (χ3n) is 2.54. The minimum absolute atomic E-state index is 0.162. The lowest BCUT2D eigenvalue weighted by atomic mass is 9.90. The van der Waals surface area contributed by atoms with Crippen molar-refractivity contribution in [3.63, 3.8) is 0 Å². The van der Waals surface area contributed by atoms with E-state index in [1.165, 1.54) is 12.1 Å². The van der Waals surface area contributed by atoms with Crippen molar-refractivity contribution >= 4 is 0 Å². The van der Waals surface area contributed by atoms with Crippen LogP contribution in [0.4, 0.5) is 0 Å². The summed E-state index contributed by atoms with van der Waals surface area (Å²) >= 11 is 0. The number of aromatic hydroxyl groups is 2. The van der Waals surface area contributed by atoms with Gasteiger partial charge in [-0.3, -0.25) is 0 Å². The molecule has 0 aliphatic heterocycles. The van der Waals surface area contributed by atoms with Gasteiger partial charge in [0.05, 0.1) is 6.10 Å². The zero-order valence-electron chi connectivity index (χ0n) is 8.72. The van der Waals surface area contributed by atoms with Crippen LogP contribution < -0.4 is 0 Å². The van der Waals surface area contributed by atoms with Crippen LogP contribution in [0, 0.1) is 0 Å². The molecule has 82 valence electrons. The standard InChI is InChI=1S/C12H16O3/c1-3-8(10(13)4-2)9-6-5-7-11(14)12(9)15/h4-8,10,13-15H,2-3H2,1H3. The summed E-state index contributed by atoms with van der Waals surface area (Å²) in [6.07, 6.45) is 1.37. The molecule has 2 unspecified atom stereocenters. The van der Waals surface area contributed by atoms with Crippen LogP contribution in [0.25, 0.3) is 0 Å². The summed E-state index contributed by atoms with van der Waals surface area (Å²) in [5, 5.41) is 28.7. The molecule has 0 heterocycles. The molecule has 0 saturated carbocycles. The lowest BCUT2D eigenvalue weighted by Gasteiger charge is -2.20. The van der Waals surface area contributed by atoms with E-state index in [-0.39, 0.29) is 17.4 Å². The van der Waals surface area contributed by atoms with Crippen molar-refractivity contribution in [1.82, 2.24) is 0 Å². The Morgan fingerprint density at radius 2 is 2.07 bits per heavy atom. The molecule has 2 atom stereocenters. The minimum atomic E-state index is -0.720. The van der Waals surface area contributed by atoms with E-state index in [0.29, 0.717) is 12.0 Å². The first-order valence-corrected chi connectivity index (χ1v) is 4.93. The largest absolute Gasteiger partial charge is 0.504 e. The van der Waals surface area contributed by atoms with E-state index in [9.17, 15) is 15.3 Å². The molecule has 1 rings (SSSR count). The molecule has 15 heavy (non-hydrogen) atoms. The van der Waals surface area contributed by atoms with Crippen molar-refractivity contribution < 1.29 is 15.3 Å². The zero-order chi connectivity index (χ0) is 11.4. The van der Waals surface area contributed by atoms with E-state index in [0.717, 1.165) is 0 Å². The van der Waals surface area contributed by atoms with Gasteiger partial charge in [-0.05, 0) is 12.5 Å². The summed E-state index contributed by atoms with van der Waals surface area (Å²) in [7, 11) is 0. The summed E-state index contributed by atoms with van der Waals surface area (Å²) in [5.74, 6) is -0.568. The Kier molecular flexibility index (Phi) is 3.74. The maximum atomic E-state index is 9.68. The number of phenolic OH excluding ortho intramolecular Hbond substituents is 2. The Bertz CT molecular complexity index is 347. The van der Waals surface area contributed by atoms with E-state index < -0.39 is 6.10 Å². The van der Waals surface area contributed by atoms with Gasteiger partial charge in [0.1, 0.15) is 0 Å². The molecule has 3 heteroatoms. The molecule has 0 radical (unpaired) electrons. The molecule has 0 aliphatic carbocycles. The second-order valence-corrected chi connectivity index (χ2v) is 3.46. The van der Waals surface area contributed by atoms with Crippen LogP contribution in [0.5, 0.6) is 11.5 Å². The van der Waals surface area contributed by atoms with Gasteiger partial charge < -0.3 is 15.3 Å². The van der Waals surface area contributed by atoms with Crippen LogP contribution in [0.3, 0.4) is 0 Å². The average Bonchev–Trinajstić information content (AvgIpc) is 2.24. The number of benzene rings is 1. The summed E-state index contributed by atoms with van der Waals surface area (Å²) in [5.41, 5.74) is 0.546. The second-order valence-electron chi connectivity index (χ2n) is 3.46. The SMILES string of the molecule is C=CC(O)C(CC)c1cccc(O)c1O. The normalized spacial score (nSPS) is 14.5. The summed E-state index contributed by atoms with van der Waals surface area (Å²) in [4.78, 5) is 0. The second kappa shape index (κ2) is 4.84. The molecule has 1 aromatic rings. The number of hydrogen-bond donors (Lipinski definition) is 3. The van der Waals surface area contributed by atoms with E-state index in [1.54, 1.807) is 12.1 Å². The number of rotatable bonds is 4. The molecule has 0 bridgehead atoms. The molecular formula is C12H16O3. The Morgan fingerprint density at radius 3 is 2.60 bits per heavy atom. The highest BCUT2D eigenvalue weighted by Gasteiger charge is 2.20. The number of aliphatic hydroxyl groups is 1. The van der Waals surface area contributed by atoms with E-state index in [2.05, 4.69) is 6.58 Å². The van der Waals surface area contributed by atoms with Gasteiger partial charge in [0.2, 0.25) is 0 Å². The highest BCUT2D eigenvalue weighted by Crippen LogP contribution is 2.36. The van der Waals surface area contributed by atoms with Gasteiger partial charge in [-0.2, -0.15) is 0 Å². The Morgan fingerprint density at radius 1 is 1.40 bits per heavy atom. The minimum Gasteiger partial charge on any atom is -0.504 e. The molecule has 1 aromatic carbocycles. The third-order valence-corrected chi connectivity index (χ3v) is 2.54. The molecule has 0 saturated heterocycles. The molecule has 0 aliphatic rings. The van der Waals surface area contributed by atoms with Crippen LogP contribution >= 0.6 is 0 Å². The van der Waals surface area contributed by atoms with Gasteiger partial charge >= 0.3 is 0 Å². The maximum Gasteiger partial charge on any atom is 0.161 e. The summed E-state index contributed by atoms with van der Waals surface area (Å²) in [6, 6.07) is 4.74. The quantitative estimate of drug-likeness (QED) is 0.524. The van der Waals surface area contributed by atoms with Gasteiger partial charge in [0, 0.05) is 11.5 Å². The lowest BCUT2D eigenvalue weighted by Crippen LogP contribution is -2.15. The fraction of sp³-hybridized carbons (Fsp3) is 0.333. The molecule has 0 spiro atoms. The third kappa shape index (κ3) is 2.30. The number of para-hydroxylation sites is 1. The first-order chi connectivity index (χ1) is 7.11. The first kappa shape index (κ1) is 11.6. The van der Waals surface area contributed by atoms with Crippen molar-refractivity contribution in [2.45, 2.75) is 25.4 Å². The predicted octanol–water partition coefficient (Wildman–Crippen LogP) is 2.14. The van der Waals surface area contributed by atoms with Crippen molar-refractivity contribution in [1.29, 1.82) is 0 Å². The highest BCUT2D eigenvalue weighted by molar-refractivity contribution is 5.46. The number of hydrogen-bond acceptors (Lipinski definition) is 3. The van der Waals surface area contributed by atoms with Gasteiger partial charge in [-0.25, -0.2) is 0 Å². The van der Waals surface area contributed by atoms with Crippen LogP contribution in [0.2, 0.25) is 0 Å². The van der Waals surface area contributed by atoms with E-state index in [4.69, 9.17) is 0 Å². The van der Waals surface area contributed by atoms with Crippen molar-refractivity contribution in [3.8, 4) is 11.5 Å². The molecular weight excluding hydrogens is 192 g/mol. The smallest absolute Gasteiger partial charge is 0.161 e.